The van der Waals surface area contributed by atoms with Gasteiger partial charge in [0.1, 0.15) is 0 Å². The smallest absolute Gasteiger partial charge is 0.224 e. The largest absolute Gasteiger partial charge is 0.594 e. The molecule has 0 aromatic carbocycles. The molecule has 0 aliphatic heterocycles. The fraction of sp³-hybridized carbons (Fsp3) is 0.500. The third-order valence-electron chi connectivity index (χ3n) is 1.92. The van der Waals surface area contributed by atoms with E-state index in [1.54, 1.807) is 12.1 Å². The van der Waals surface area contributed by atoms with Gasteiger partial charge in [0, 0.05) is 17.1 Å². The van der Waals surface area contributed by atoms with Crippen LogP contribution in [-0.4, -0.2) is 5.10 Å². The Morgan fingerprint density at radius 3 is 2.83 bits per heavy atom. The molecule has 0 aliphatic carbocycles. The van der Waals surface area contributed by atoms with Crippen LogP contribution in [0, 0.1) is 5.21 Å². The average Bonchev–Trinajstić information content (AvgIpc) is 2.03. The van der Waals surface area contributed by atoms with Gasteiger partial charge < -0.3 is 5.21 Å². The van der Waals surface area contributed by atoms with Gasteiger partial charge in [0.25, 0.3) is 0 Å². The van der Waals surface area contributed by atoms with E-state index in [1.165, 1.54) is 0 Å². The number of rotatable bonds is 2. The summed E-state index contributed by atoms with van der Waals surface area (Å²) in [5.74, 6) is 0.229. The summed E-state index contributed by atoms with van der Waals surface area (Å²) in [5.41, 5.74) is 0.668. The molecular weight excluding hydrogens is 176 g/mol. The van der Waals surface area contributed by atoms with Crippen molar-refractivity contribution in [2.45, 2.75) is 26.2 Å². The lowest BCUT2D eigenvalue weighted by atomic mass is 10.1. The van der Waals surface area contributed by atoms with Crippen molar-refractivity contribution in [3.8, 4) is 0 Å². The molecule has 0 spiro atoms. The van der Waals surface area contributed by atoms with E-state index in [9.17, 15) is 5.21 Å². The highest BCUT2D eigenvalue weighted by atomic mass is 35.5. The summed E-state index contributed by atoms with van der Waals surface area (Å²) in [6, 6.07) is 3.36. The lowest BCUT2D eigenvalue weighted by Gasteiger charge is -2.06. The fourth-order valence-electron chi connectivity index (χ4n) is 0.958. The maximum atomic E-state index is 11.2. The molecule has 66 valence electrons. The lowest BCUT2D eigenvalue weighted by molar-refractivity contribution is -0.677. The number of hydrogen-bond acceptors (Lipinski definition) is 2. The van der Waals surface area contributed by atoms with Crippen molar-refractivity contribution in [2.75, 3.05) is 0 Å². The Hall–Kier alpha value is -0.830. The van der Waals surface area contributed by atoms with E-state index in [0.29, 0.717) is 10.5 Å². The Bertz CT molecular complexity index is 278. The average molecular weight is 187 g/mol. The van der Waals surface area contributed by atoms with E-state index >= 15 is 0 Å². The normalized spacial score (nSPS) is 12.9. The maximum Gasteiger partial charge on any atom is 0.224 e. The first-order valence-corrected chi connectivity index (χ1v) is 4.29. The predicted molar refractivity (Wildman–Crippen MR) is 46.9 cm³/mol. The monoisotopic (exact) mass is 186 g/mol. The SMILES string of the molecule is CCC(C)c1ccc(Cl)n[n+]1[O-]. The molecule has 12 heavy (non-hydrogen) atoms. The topological polar surface area (TPSA) is 39.8 Å². The second-order valence-electron chi connectivity index (χ2n) is 2.76. The van der Waals surface area contributed by atoms with Crippen LogP contribution in [0.5, 0.6) is 0 Å². The van der Waals surface area contributed by atoms with Gasteiger partial charge in [0.05, 0.1) is 0 Å². The van der Waals surface area contributed by atoms with E-state index in [4.69, 9.17) is 11.6 Å². The van der Waals surface area contributed by atoms with Gasteiger partial charge in [-0.25, -0.2) is 0 Å². The van der Waals surface area contributed by atoms with Gasteiger partial charge in [-0.2, -0.15) is 0 Å². The molecule has 3 nitrogen and oxygen atoms in total. The molecule has 0 bridgehead atoms. The number of halogens is 1. The van der Waals surface area contributed by atoms with Crippen LogP contribution in [0.4, 0.5) is 0 Å². The molecule has 1 rings (SSSR count). The number of nitrogens with zero attached hydrogens (tertiary/aromatic N) is 2. The summed E-state index contributed by atoms with van der Waals surface area (Å²) in [6.07, 6.45) is 0.922. The second kappa shape index (κ2) is 3.72. The standard InChI is InChI=1S/C8H11ClN2O/c1-3-6(2)7-4-5-8(9)10-11(7)12/h4-6H,3H2,1-2H3. The van der Waals surface area contributed by atoms with Gasteiger partial charge >= 0.3 is 0 Å². The summed E-state index contributed by atoms with van der Waals surface area (Å²) in [4.78, 5) is 0.594. The van der Waals surface area contributed by atoms with Gasteiger partial charge in [0.2, 0.25) is 5.69 Å². The van der Waals surface area contributed by atoms with E-state index in [2.05, 4.69) is 5.10 Å². The van der Waals surface area contributed by atoms with E-state index < -0.39 is 0 Å². The minimum Gasteiger partial charge on any atom is -0.594 e. The molecule has 0 saturated heterocycles. The fourth-order valence-corrected chi connectivity index (χ4v) is 1.09. The molecule has 0 N–H and O–H groups in total. The molecule has 1 aromatic rings. The zero-order chi connectivity index (χ0) is 9.14. The first-order valence-electron chi connectivity index (χ1n) is 3.91. The van der Waals surface area contributed by atoms with Crippen LogP contribution < -0.4 is 4.85 Å². The highest BCUT2D eigenvalue weighted by Crippen LogP contribution is 2.14. The van der Waals surface area contributed by atoms with Crippen LogP contribution in [-0.2, 0) is 0 Å². The van der Waals surface area contributed by atoms with Gasteiger partial charge in [-0.3, -0.25) is 0 Å². The Morgan fingerprint density at radius 2 is 2.33 bits per heavy atom. The second-order valence-corrected chi connectivity index (χ2v) is 3.15. The van der Waals surface area contributed by atoms with E-state index in [1.807, 2.05) is 13.8 Å². The van der Waals surface area contributed by atoms with Gasteiger partial charge in [-0.1, -0.05) is 30.3 Å². The van der Waals surface area contributed by atoms with Crippen LogP contribution in [0.3, 0.4) is 0 Å². The Balaban J connectivity index is 3.01. The molecule has 1 heterocycles. The van der Waals surface area contributed by atoms with Crippen molar-refractivity contribution in [3.63, 3.8) is 0 Å². The zero-order valence-electron chi connectivity index (χ0n) is 7.12. The van der Waals surface area contributed by atoms with Crippen molar-refractivity contribution in [1.82, 2.24) is 5.10 Å². The molecule has 1 unspecified atom stereocenters. The van der Waals surface area contributed by atoms with Gasteiger partial charge in [-0.05, 0) is 12.5 Å². The summed E-state index contributed by atoms with van der Waals surface area (Å²) in [6.45, 7) is 4.01. The number of hydrogen-bond donors (Lipinski definition) is 0. The maximum absolute atomic E-state index is 11.2. The Kier molecular flexibility index (Phi) is 2.87. The van der Waals surface area contributed by atoms with E-state index in [0.717, 1.165) is 6.42 Å². The van der Waals surface area contributed by atoms with Crippen molar-refractivity contribution in [1.29, 1.82) is 0 Å². The van der Waals surface area contributed by atoms with Crippen LogP contribution in [0.25, 0.3) is 0 Å². The summed E-state index contributed by atoms with van der Waals surface area (Å²) in [5, 5.41) is 15.0. The summed E-state index contributed by atoms with van der Waals surface area (Å²) in [7, 11) is 0. The van der Waals surface area contributed by atoms with Crippen molar-refractivity contribution in [2.24, 2.45) is 0 Å². The Morgan fingerprint density at radius 1 is 1.67 bits per heavy atom. The van der Waals surface area contributed by atoms with Crippen LogP contribution in [0.15, 0.2) is 12.1 Å². The zero-order valence-corrected chi connectivity index (χ0v) is 7.88. The third-order valence-corrected chi connectivity index (χ3v) is 2.12. The van der Waals surface area contributed by atoms with Crippen LogP contribution in [0.2, 0.25) is 5.15 Å². The molecule has 0 radical (unpaired) electrons. The van der Waals surface area contributed by atoms with Gasteiger partial charge in [-0.15, -0.1) is 0 Å². The molecule has 4 heteroatoms. The van der Waals surface area contributed by atoms with Crippen molar-refractivity contribution in [3.05, 3.63) is 28.2 Å². The molecule has 1 atom stereocenters. The van der Waals surface area contributed by atoms with Gasteiger partial charge in [0.15, 0.2) is 5.15 Å². The minimum atomic E-state index is 0.229. The molecule has 0 amide bonds. The minimum absolute atomic E-state index is 0.229. The number of aromatic nitrogens is 2. The van der Waals surface area contributed by atoms with E-state index in [-0.39, 0.29) is 11.1 Å². The first-order chi connectivity index (χ1) is 5.65. The van der Waals surface area contributed by atoms with Crippen molar-refractivity contribution >= 4 is 11.6 Å². The summed E-state index contributed by atoms with van der Waals surface area (Å²) < 4.78 is 0. The van der Waals surface area contributed by atoms with Crippen LogP contribution in [0.1, 0.15) is 31.9 Å². The lowest BCUT2D eigenvalue weighted by Crippen LogP contribution is -2.37. The quantitative estimate of drug-likeness (QED) is 0.523. The molecule has 1 aromatic heterocycles. The third kappa shape index (κ3) is 1.85. The molecule has 0 fully saturated rings. The summed E-state index contributed by atoms with van der Waals surface area (Å²) >= 11 is 5.53. The predicted octanol–water partition coefficient (Wildman–Crippen LogP) is 1.88. The highest BCUT2D eigenvalue weighted by Gasteiger charge is 2.14. The highest BCUT2D eigenvalue weighted by molar-refractivity contribution is 6.29. The first kappa shape index (κ1) is 9.26. The molecule has 0 saturated carbocycles. The van der Waals surface area contributed by atoms with Crippen LogP contribution >= 0.6 is 11.6 Å². The van der Waals surface area contributed by atoms with Crippen molar-refractivity contribution < 1.29 is 4.85 Å². The molecule has 0 aliphatic rings. The Labute approximate surface area is 76.6 Å². The molecular formula is C8H11ClN2O.